The van der Waals surface area contributed by atoms with Crippen LogP contribution in [0, 0.1) is 3.57 Å². The highest BCUT2D eigenvalue weighted by molar-refractivity contribution is 14.1. The number of ether oxygens (including phenoxy) is 1. The van der Waals surface area contributed by atoms with Crippen LogP contribution in [0.1, 0.15) is 10.4 Å². The zero-order chi connectivity index (χ0) is 17.0. The zero-order valence-electron chi connectivity index (χ0n) is 12.5. The van der Waals surface area contributed by atoms with Gasteiger partial charge in [0.1, 0.15) is 0 Å². The summed E-state index contributed by atoms with van der Waals surface area (Å²) in [4.78, 5) is 25.2. The van der Waals surface area contributed by atoms with Crippen LogP contribution >= 0.6 is 38.5 Å². The topological polar surface area (TPSA) is 58.6 Å². The maximum Gasteiger partial charge on any atom is 0.413 e. The first kappa shape index (κ1) is 17.7. The van der Waals surface area contributed by atoms with Crippen molar-refractivity contribution in [3.05, 3.63) is 56.1 Å². The molecule has 0 aliphatic rings. The Morgan fingerprint density at radius 2 is 1.83 bits per heavy atom. The highest BCUT2D eigenvalue weighted by Gasteiger charge is 2.13. The molecule has 0 radical (unpaired) electrons. The summed E-state index contributed by atoms with van der Waals surface area (Å²) >= 11 is 5.48. The van der Waals surface area contributed by atoms with Gasteiger partial charge in [-0.25, -0.2) is 4.79 Å². The molecule has 0 aliphatic carbocycles. The summed E-state index contributed by atoms with van der Waals surface area (Å²) in [5, 5.41) is 2.84. The highest BCUT2D eigenvalue weighted by atomic mass is 127. The first-order chi connectivity index (χ1) is 10.9. The number of carbonyl (C=O) groups excluding carboxylic acids is 2. The number of amides is 2. The number of nitrogens with zero attached hydrogens (tertiary/aromatic N) is 1. The minimum absolute atomic E-state index is 0.190. The van der Waals surface area contributed by atoms with E-state index in [0.29, 0.717) is 16.9 Å². The van der Waals surface area contributed by atoms with E-state index in [1.54, 1.807) is 37.4 Å². The van der Waals surface area contributed by atoms with Crippen LogP contribution in [0.25, 0.3) is 0 Å². The van der Waals surface area contributed by atoms with Crippen molar-refractivity contribution >= 4 is 61.9 Å². The Kier molecular flexibility index (Phi) is 6.00. The van der Waals surface area contributed by atoms with Crippen LogP contribution < -0.4 is 10.2 Å². The predicted molar refractivity (Wildman–Crippen MR) is 102 cm³/mol. The molecule has 0 spiro atoms. The number of anilines is 2. The Morgan fingerprint density at radius 1 is 1.17 bits per heavy atom. The van der Waals surface area contributed by atoms with Gasteiger partial charge in [0, 0.05) is 26.5 Å². The number of nitrogens with one attached hydrogen (secondary N) is 1. The fourth-order valence-electron chi connectivity index (χ4n) is 1.88. The van der Waals surface area contributed by atoms with Crippen LogP contribution in [0.2, 0.25) is 0 Å². The molecule has 2 amide bonds. The first-order valence-electron chi connectivity index (χ1n) is 6.60. The molecule has 120 valence electrons. The van der Waals surface area contributed by atoms with Gasteiger partial charge in [-0.15, -0.1) is 0 Å². The second kappa shape index (κ2) is 7.78. The molecule has 2 aromatic carbocycles. The third-order valence-corrected chi connectivity index (χ3v) is 4.57. The van der Waals surface area contributed by atoms with Gasteiger partial charge in [-0.3, -0.25) is 9.69 Å². The van der Waals surface area contributed by atoms with Gasteiger partial charge < -0.3 is 10.1 Å². The SMILES string of the molecule is COC(=O)N(C)c1ccc(NC(=O)c2cc(Br)ccc2I)cc1. The quantitative estimate of drug-likeness (QED) is 0.647. The van der Waals surface area contributed by atoms with Crippen molar-refractivity contribution < 1.29 is 14.3 Å². The molecule has 0 bridgehead atoms. The third kappa shape index (κ3) is 4.44. The minimum Gasteiger partial charge on any atom is -0.452 e. The lowest BCUT2D eigenvalue weighted by atomic mass is 10.2. The molecule has 0 fully saturated rings. The Hall–Kier alpha value is -1.61. The molecule has 0 aromatic heterocycles. The fourth-order valence-corrected chi connectivity index (χ4v) is 2.82. The molecule has 7 heteroatoms. The Bertz CT molecular complexity index is 735. The molecular weight excluding hydrogens is 475 g/mol. The summed E-state index contributed by atoms with van der Waals surface area (Å²) in [5.41, 5.74) is 1.91. The van der Waals surface area contributed by atoms with E-state index in [0.717, 1.165) is 8.04 Å². The molecule has 0 saturated carbocycles. The molecule has 23 heavy (non-hydrogen) atoms. The van der Waals surface area contributed by atoms with Crippen molar-refractivity contribution in [3.63, 3.8) is 0 Å². The summed E-state index contributed by atoms with van der Waals surface area (Å²) in [7, 11) is 2.94. The molecule has 5 nitrogen and oxygen atoms in total. The smallest absolute Gasteiger partial charge is 0.413 e. The monoisotopic (exact) mass is 488 g/mol. The average Bonchev–Trinajstić information content (AvgIpc) is 2.56. The van der Waals surface area contributed by atoms with E-state index in [2.05, 4.69) is 48.6 Å². The van der Waals surface area contributed by atoms with Gasteiger partial charge in [0.15, 0.2) is 0 Å². The van der Waals surface area contributed by atoms with E-state index in [1.165, 1.54) is 12.0 Å². The van der Waals surface area contributed by atoms with Gasteiger partial charge in [-0.1, -0.05) is 15.9 Å². The van der Waals surface area contributed by atoms with Crippen molar-refractivity contribution in [2.75, 3.05) is 24.4 Å². The standard InChI is InChI=1S/C16H14BrIN2O3/c1-20(16(22)23-2)12-6-4-11(5-7-12)19-15(21)13-9-10(17)3-8-14(13)18/h3-9H,1-2H3,(H,19,21). The Labute approximate surface area is 156 Å². The number of rotatable bonds is 3. The van der Waals surface area contributed by atoms with Crippen LogP contribution in [0.4, 0.5) is 16.2 Å². The normalized spacial score (nSPS) is 10.1. The molecule has 0 heterocycles. The predicted octanol–water partition coefficient (Wildman–Crippen LogP) is 4.51. The molecule has 2 aromatic rings. The van der Waals surface area contributed by atoms with E-state index < -0.39 is 6.09 Å². The van der Waals surface area contributed by atoms with Crippen molar-refractivity contribution in [1.82, 2.24) is 0 Å². The molecule has 0 saturated heterocycles. The highest BCUT2D eigenvalue weighted by Crippen LogP contribution is 2.21. The molecule has 1 N–H and O–H groups in total. The summed E-state index contributed by atoms with van der Waals surface area (Å²) in [6.45, 7) is 0. The Balaban J connectivity index is 2.13. The number of carbonyl (C=O) groups is 2. The van der Waals surface area contributed by atoms with Gasteiger partial charge in [0.25, 0.3) is 5.91 Å². The van der Waals surface area contributed by atoms with E-state index in [9.17, 15) is 9.59 Å². The number of benzene rings is 2. The lowest BCUT2D eigenvalue weighted by molar-refractivity contribution is 0.102. The molecule has 0 aliphatic heterocycles. The fraction of sp³-hybridized carbons (Fsp3) is 0.125. The van der Waals surface area contributed by atoms with Crippen molar-refractivity contribution in [1.29, 1.82) is 0 Å². The zero-order valence-corrected chi connectivity index (χ0v) is 16.2. The second-order valence-corrected chi connectivity index (χ2v) is 6.73. The lowest BCUT2D eigenvalue weighted by Gasteiger charge is -2.16. The van der Waals surface area contributed by atoms with Crippen molar-refractivity contribution in [3.8, 4) is 0 Å². The van der Waals surface area contributed by atoms with Crippen LogP contribution in [-0.4, -0.2) is 26.2 Å². The van der Waals surface area contributed by atoms with Crippen LogP contribution in [0.5, 0.6) is 0 Å². The van der Waals surface area contributed by atoms with Gasteiger partial charge in [0.2, 0.25) is 0 Å². The van der Waals surface area contributed by atoms with Crippen LogP contribution in [0.3, 0.4) is 0 Å². The number of hydrogen-bond acceptors (Lipinski definition) is 3. The van der Waals surface area contributed by atoms with E-state index >= 15 is 0 Å². The van der Waals surface area contributed by atoms with Crippen molar-refractivity contribution in [2.45, 2.75) is 0 Å². The maximum absolute atomic E-state index is 12.3. The summed E-state index contributed by atoms with van der Waals surface area (Å²) < 4.78 is 6.37. The first-order valence-corrected chi connectivity index (χ1v) is 8.47. The van der Waals surface area contributed by atoms with Crippen molar-refractivity contribution in [2.24, 2.45) is 0 Å². The van der Waals surface area contributed by atoms with E-state index in [1.807, 2.05) is 12.1 Å². The summed E-state index contributed by atoms with van der Waals surface area (Å²) in [5.74, 6) is -0.190. The summed E-state index contributed by atoms with van der Waals surface area (Å²) in [6, 6.07) is 12.5. The number of halogens is 2. The lowest BCUT2D eigenvalue weighted by Crippen LogP contribution is -2.25. The average molecular weight is 489 g/mol. The third-order valence-electron chi connectivity index (χ3n) is 3.13. The largest absolute Gasteiger partial charge is 0.452 e. The van der Waals surface area contributed by atoms with Gasteiger partial charge >= 0.3 is 6.09 Å². The Morgan fingerprint density at radius 3 is 2.43 bits per heavy atom. The molecule has 0 atom stereocenters. The minimum atomic E-state index is -0.453. The maximum atomic E-state index is 12.3. The molecule has 2 rings (SSSR count). The second-order valence-electron chi connectivity index (χ2n) is 4.65. The summed E-state index contributed by atoms with van der Waals surface area (Å²) in [6.07, 6.45) is -0.453. The molecule has 0 unspecified atom stereocenters. The number of methoxy groups -OCH3 is 1. The molecular formula is C16H14BrIN2O3. The van der Waals surface area contributed by atoms with Gasteiger partial charge in [-0.2, -0.15) is 0 Å². The van der Waals surface area contributed by atoms with Gasteiger partial charge in [-0.05, 0) is 65.1 Å². The van der Waals surface area contributed by atoms with E-state index in [-0.39, 0.29) is 5.91 Å². The van der Waals surface area contributed by atoms with E-state index in [4.69, 9.17) is 0 Å². The number of hydrogen-bond donors (Lipinski definition) is 1. The van der Waals surface area contributed by atoms with Crippen LogP contribution in [-0.2, 0) is 4.74 Å². The van der Waals surface area contributed by atoms with Gasteiger partial charge in [0.05, 0.1) is 12.7 Å². The van der Waals surface area contributed by atoms with Crippen LogP contribution in [0.15, 0.2) is 46.9 Å².